The molecule has 0 fully saturated rings. The molecule has 0 bridgehead atoms. The molecule has 1 aliphatic heterocycles. The monoisotopic (exact) mass is 181 g/mol. The predicted molar refractivity (Wildman–Crippen MR) is 45.7 cm³/mol. The van der Waals surface area contributed by atoms with Crippen LogP contribution in [0.5, 0.6) is 0 Å². The van der Waals surface area contributed by atoms with Crippen LogP contribution in [0, 0.1) is 0 Å². The predicted octanol–water partition coefficient (Wildman–Crippen LogP) is 0.161. The van der Waals surface area contributed by atoms with Crippen molar-refractivity contribution in [3.63, 3.8) is 0 Å². The molecule has 0 aliphatic carbocycles. The average Bonchev–Trinajstić information content (AvgIpc) is 2.47. The molecule has 5 heteroatoms. The minimum absolute atomic E-state index is 0.0613. The van der Waals surface area contributed by atoms with E-state index in [4.69, 9.17) is 10.3 Å². The Morgan fingerprint density at radius 3 is 3.15 bits per heavy atom. The minimum Gasteiger partial charge on any atom is -0.381 e. The van der Waals surface area contributed by atoms with Gasteiger partial charge in [-0.15, -0.1) is 0 Å². The third-order valence-corrected chi connectivity index (χ3v) is 2.30. The van der Waals surface area contributed by atoms with Gasteiger partial charge in [0.05, 0.1) is 12.1 Å². The maximum Gasteiger partial charge on any atom is 0.219 e. The molecule has 1 aromatic heterocycles. The highest BCUT2D eigenvalue weighted by Crippen LogP contribution is 2.23. The van der Waals surface area contributed by atoms with Gasteiger partial charge in [-0.2, -0.15) is 0 Å². The van der Waals surface area contributed by atoms with Crippen LogP contribution in [0.2, 0.25) is 0 Å². The molecule has 70 valence electrons. The van der Waals surface area contributed by atoms with Gasteiger partial charge in [0.1, 0.15) is 5.76 Å². The first-order valence-electron chi connectivity index (χ1n) is 4.17. The molecule has 0 radical (unpaired) electrons. The summed E-state index contributed by atoms with van der Waals surface area (Å²) < 4.78 is 5.00. The van der Waals surface area contributed by atoms with Crippen molar-refractivity contribution in [2.45, 2.75) is 19.9 Å². The zero-order chi connectivity index (χ0) is 9.42. The molecule has 2 heterocycles. The Labute approximate surface area is 75.5 Å². The van der Waals surface area contributed by atoms with Crippen molar-refractivity contribution in [1.82, 2.24) is 10.1 Å². The standard InChI is InChI=1S/C8H11N3O2/c1-5(12)11-3-2-7-6(4-11)8(9)10-13-7/h2-4H2,1H3,(H2,9,10). The Morgan fingerprint density at radius 2 is 2.46 bits per heavy atom. The van der Waals surface area contributed by atoms with Crippen molar-refractivity contribution in [3.8, 4) is 0 Å². The summed E-state index contributed by atoms with van der Waals surface area (Å²) in [5.74, 6) is 1.28. The van der Waals surface area contributed by atoms with E-state index in [0.29, 0.717) is 25.3 Å². The van der Waals surface area contributed by atoms with Gasteiger partial charge in [0.15, 0.2) is 5.82 Å². The lowest BCUT2D eigenvalue weighted by Crippen LogP contribution is -2.33. The van der Waals surface area contributed by atoms with Gasteiger partial charge in [0, 0.05) is 19.9 Å². The topological polar surface area (TPSA) is 72.4 Å². The van der Waals surface area contributed by atoms with E-state index in [9.17, 15) is 4.79 Å². The molecular weight excluding hydrogens is 170 g/mol. The molecule has 5 nitrogen and oxygen atoms in total. The fraction of sp³-hybridized carbons (Fsp3) is 0.500. The van der Waals surface area contributed by atoms with Gasteiger partial charge < -0.3 is 15.2 Å². The number of nitrogen functional groups attached to an aromatic ring is 1. The summed E-state index contributed by atoms with van der Waals surface area (Å²) in [5.41, 5.74) is 6.44. The maximum absolute atomic E-state index is 11.1. The van der Waals surface area contributed by atoms with E-state index in [2.05, 4.69) is 5.16 Å². The first-order chi connectivity index (χ1) is 6.18. The largest absolute Gasteiger partial charge is 0.381 e. The minimum atomic E-state index is 0.0613. The molecule has 0 saturated heterocycles. The molecule has 13 heavy (non-hydrogen) atoms. The van der Waals surface area contributed by atoms with Gasteiger partial charge in [-0.25, -0.2) is 0 Å². The number of anilines is 1. The molecule has 1 aromatic rings. The van der Waals surface area contributed by atoms with Gasteiger partial charge in [-0.05, 0) is 0 Å². The van der Waals surface area contributed by atoms with Crippen molar-refractivity contribution >= 4 is 11.7 Å². The van der Waals surface area contributed by atoms with Crippen LogP contribution < -0.4 is 5.73 Å². The number of aromatic nitrogens is 1. The summed E-state index contributed by atoms with van der Waals surface area (Å²) in [6, 6.07) is 0. The number of nitrogens with zero attached hydrogens (tertiary/aromatic N) is 2. The van der Waals surface area contributed by atoms with E-state index >= 15 is 0 Å². The molecule has 0 aromatic carbocycles. The molecule has 0 saturated carbocycles. The van der Waals surface area contributed by atoms with Crippen LogP contribution in [0.3, 0.4) is 0 Å². The summed E-state index contributed by atoms with van der Waals surface area (Å²) in [7, 11) is 0. The zero-order valence-corrected chi connectivity index (χ0v) is 7.41. The van der Waals surface area contributed by atoms with Crippen LogP contribution in [0.25, 0.3) is 0 Å². The molecule has 0 unspecified atom stereocenters. The van der Waals surface area contributed by atoms with Crippen LogP contribution in [0.4, 0.5) is 5.82 Å². The Balaban J connectivity index is 2.27. The SMILES string of the molecule is CC(=O)N1CCc2onc(N)c2C1. The van der Waals surface area contributed by atoms with E-state index in [1.807, 2.05) is 0 Å². The highest BCUT2D eigenvalue weighted by molar-refractivity contribution is 5.73. The smallest absolute Gasteiger partial charge is 0.219 e. The highest BCUT2D eigenvalue weighted by atomic mass is 16.5. The van der Waals surface area contributed by atoms with Crippen molar-refractivity contribution in [2.24, 2.45) is 0 Å². The maximum atomic E-state index is 11.1. The zero-order valence-electron chi connectivity index (χ0n) is 7.41. The Bertz CT molecular complexity index is 345. The number of hydrogen-bond acceptors (Lipinski definition) is 4. The number of carbonyl (C=O) groups excluding carboxylic acids is 1. The van der Waals surface area contributed by atoms with E-state index in [1.54, 1.807) is 11.8 Å². The van der Waals surface area contributed by atoms with Crippen molar-refractivity contribution < 1.29 is 9.32 Å². The van der Waals surface area contributed by atoms with Gasteiger partial charge >= 0.3 is 0 Å². The first-order valence-corrected chi connectivity index (χ1v) is 4.17. The van der Waals surface area contributed by atoms with Crippen LogP contribution in [-0.4, -0.2) is 22.5 Å². The van der Waals surface area contributed by atoms with Gasteiger partial charge in [-0.3, -0.25) is 4.79 Å². The normalized spacial score (nSPS) is 15.6. The second-order valence-electron chi connectivity index (χ2n) is 3.16. The summed E-state index contributed by atoms with van der Waals surface area (Å²) in [6.45, 7) is 2.77. The van der Waals surface area contributed by atoms with E-state index < -0.39 is 0 Å². The lowest BCUT2D eigenvalue weighted by atomic mass is 10.1. The van der Waals surface area contributed by atoms with Crippen LogP contribution in [-0.2, 0) is 17.8 Å². The molecule has 2 N–H and O–H groups in total. The van der Waals surface area contributed by atoms with Crippen molar-refractivity contribution in [2.75, 3.05) is 12.3 Å². The number of rotatable bonds is 0. The second kappa shape index (κ2) is 2.76. The summed E-state index contributed by atoms with van der Waals surface area (Å²) in [4.78, 5) is 12.8. The Morgan fingerprint density at radius 1 is 1.69 bits per heavy atom. The van der Waals surface area contributed by atoms with Crippen molar-refractivity contribution in [3.05, 3.63) is 11.3 Å². The third-order valence-electron chi connectivity index (χ3n) is 2.30. The van der Waals surface area contributed by atoms with Gasteiger partial charge in [0.25, 0.3) is 0 Å². The quantitative estimate of drug-likeness (QED) is 0.618. The van der Waals surface area contributed by atoms with Gasteiger partial charge in [0.2, 0.25) is 5.91 Å². The summed E-state index contributed by atoms with van der Waals surface area (Å²) in [6.07, 6.45) is 0.707. The number of carbonyl (C=O) groups is 1. The molecule has 0 spiro atoms. The van der Waals surface area contributed by atoms with E-state index in [1.165, 1.54) is 0 Å². The number of amides is 1. The van der Waals surface area contributed by atoms with Crippen LogP contribution in [0.15, 0.2) is 4.52 Å². The molecule has 1 amide bonds. The van der Waals surface area contributed by atoms with Crippen LogP contribution >= 0.6 is 0 Å². The lowest BCUT2D eigenvalue weighted by Gasteiger charge is -2.24. The van der Waals surface area contributed by atoms with Crippen LogP contribution in [0.1, 0.15) is 18.2 Å². The lowest BCUT2D eigenvalue weighted by molar-refractivity contribution is -0.129. The Kier molecular flexibility index (Phi) is 1.72. The summed E-state index contributed by atoms with van der Waals surface area (Å²) in [5, 5.41) is 3.66. The summed E-state index contributed by atoms with van der Waals surface area (Å²) >= 11 is 0. The number of nitrogens with two attached hydrogens (primary N) is 1. The average molecular weight is 181 g/mol. The molecular formula is C8H11N3O2. The number of fused-ring (bicyclic) bond motifs is 1. The van der Waals surface area contributed by atoms with Gasteiger partial charge in [-0.1, -0.05) is 5.16 Å². The Hall–Kier alpha value is -1.52. The van der Waals surface area contributed by atoms with E-state index in [0.717, 1.165) is 11.3 Å². The third kappa shape index (κ3) is 1.26. The van der Waals surface area contributed by atoms with E-state index in [-0.39, 0.29) is 5.91 Å². The fourth-order valence-corrected chi connectivity index (χ4v) is 1.50. The first kappa shape index (κ1) is 8.10. The highest BCUT2D eigenvalue weighted by Gasteiger charge is 2.23. The van der Waals surface area contributed by atoms with Crippen molar-refractivity contribution in [1.29, 1.82) is 0 Å². The molecule has 2 rings (SSSR count). The fourth-order valence-electron chi connectivity index (χ4n) is 1.50. The second-order valence-corrected chi connectivity index (χ2v) is 3.16. The molecule has 0 atom stereocenters. The number of hydrogen-bond donors (Lipinski definition) is 1. The molecule has 1 aliphatic rings.